The Morgan fingerprint density at radius 1 is 1.04 bits per heavy atom. The fourth-order valence-corrected chi connectivity index (χ4v) is 3.35. The molecule has 0 unspecified atom stereocenters. The van der Waals surface area contributed by atoms with E-state index in [1.54, 1.807) is 57.0 Å². The normalized spacial score (nSPS) is 10.8. The maximum absolute atomic E-state index is 12.3. The second-order valence-electron chi connectivity index (χ2n) is 5.16. The van der Waals surface area contributed by atoms with E-state index in [1.807, 2.05) is 12.1 Å². The van der Waals surface area contributed by atoms with Gasteiger partial charge in [-0.1, -0.05) is 13.3 Å². The molecule has 2 aromatic rings. The second kappa shape index (κ2) is 8.55. The molecule has 128 valence electrons. The van der Waals surface area contributed by atoms with Crippen LogP contribution in [0.1, 0.15) is 33.5 Å². The third-order valence-electron chi connectivity index (χ3n) is 3.55. The van der Waals surface area contributed by atoms with Crippen LogP contribution in [-0.4, -0.2) is 27.1 Å². The Hall–Kier alpha value is -2.27. The molecule has 0 N–H and O–H groups in total. The molecule has 0 saturated heterocycles. The number of methoxy groups -OCH3 is 3. The maximum Gasteiger partial charge on any atom is 0.195 e. The molecule has 0 aliphatic carbocycles. The number of allylic oxidation sites excluding steroid dienone is 1. The number of benzene rings is 1. The minimum absolute atomic E-state index is 0.0146. The van der Waals surface area contributed by atoms with Crippen LogP contribution in [0.15, 0.2) is 30.3 Å². The van der Waals surface area contributed by atoms with Crippen molar-refractivity contribution in [2.75, 3.05) is 21.3 Å². The van der Waals surface area contributed by atoms with Gasteiger partial charge in [0.05, 0.1) is 26.2 Å². The third-order valence-corrected chi connectivity index (χ3v) is 4.71. The number of ether oxygens (including phenoxy) is 3. The zero-order valence-corrected chi connectivity index (χ0v) is 15.2. The minimum Gasteiger partial charge on any atom is -0.496 e. The highest BCUT2D eigenvalue weighted by Crippen LogP contribution is 2.35. The van der Waals surface area contributed by atoms with Crippen molar-refractivity contribution in [1.82, 2.24) is 0 Å². The summed E-state index contributed by atoms with van der Waals surface area (Å²) in [6, 6.07) is 7.44. The van der Waals surface area contributed by atoms with Gasteiger partial charge in [-0.15, -0.1) is 11.3 Å². The van der Waals surface area contributed by atoms with Crippen LogP contribution in [0, 0.1) is 0 Å². The van der Waals surface area contributed by atoms with Gasteiger partial charge in [-0.05, 0) is 36.8 Å². The molecule has 0 spiro atoms. The molecular formula is C19H22O4S. The number of hydrogen-bond donors (Lipinski definition) is 0. The van der Waals surface area contributed by atoms with Gasteiger partial charge >= 0.3 is 0 Å². The fraction of sp³-hybridized carbons (Fsp3) is 0.316. The summed E-state index contributed by atoms with van der Waals surface area (Å²) in [7, 11) is 4.72. The quantitative estimate of drug-likeness (QED) is 0.517. The molecule has 4 nitrogen and oxygen atoms in total. The molecule has 24 heavy (non-hydrogen) atoms. The van der Waals surface area contributed by atoms with Crippen molar-refractivity contribution in [1.29, 1.82) is 0 Å². The number of rotatable bonds is 8. The van der Waals surface area contributed by atoms with Gasteiger partial charge in [-0.3, -0.25) is 4.79 Å². The van der Waals surface area contributed by atoms with Crippen LogP contribution in [0.4, 0.5) is 0 Å². The average molecular weight is 346 g/mol. The highest BCUT2D eigenvalue weighted by Gasteiger charge is 2.11. The number of aryl methyl sites for hydroxylation is 1. The number of carbonyl (C=O) groups excluding carboxylic acids is 1. The SMILES string of the molecule is CCCc1ccc(C(=O)/C=C/c2cc(OC)c(OC)cc2OC)s1. The first-order valence-electron chi connectivity index (χ1n) is 7.74. The Morgan fingerprint density at radius 3 is 2.33 bits per heavy atom. The van der Waals surface area contributed by atoms with Gasteiger partial charge in [-0.2, -0.15) is 0 Å². The number of hydrogen-bond acceptors (Lipinski definition) is 5. The first kappa shape index (κ1) is 18.1. The Kier molecular flexibility index (Phi) is 6.44. The summed E-state index contributed by atoms with van der Waals surface area (Å²) >= 11 is 1.55. The van der Waals surface area contributed by atoms with Crippen LogP contribution in [0.5, 0.6) is 17.2 Å². The molecule has 1 aromatic carbocycles. The lowest BCUT2D eigenvalue weighted by Gasteiger charge is -2.12. The van der Waals surface area contributed by atoms with E-state index in [9.17, 15) is 4.79 Å². The predicted octanol–water partition coefficient (Wildman–Crippen LogP) is 4.62. The Morgan fingerprint density at radius 2 is 1.71 bits per heavy atom. The smallest absolute Gasteiger partial charge is 0.195 e. The van der Waals surface area contributed by atoms with Crippen molar-refractivity contribution in [2.24, 2.45) is 0 Å². The van der Waals surface area contributed by atoms with Crippen LogP contribution in [-0.2, 0) is 6.42 Å². The molecular weight excluding hydrogens is 324 g/mol. The van der Waals surface area contributed by atoms with Crippen LogP contribution in [0.25, 0.3) is 6.08 Å². The fourth-order valence-electron chi connectivity index (χ4n) is 2.32. The summed E-state index contributed by atoms with van der Waals surface area (Å²) in [5.41, 5.74) is 0.758. The maximum atomic E-state index is 12.3. The summed E-state index contributed by atoms with van der Waals surface area (Å²) in [4.78, 5) is 14.3. The van der Waals surface area contributed by atoms with Crippen molar-refractivity contribution in [2.45, 2.75) is 19.8 Å². The van der Waals surface area contributed by atoms with E-state index in [-0.39, 0.29) is 5.78 Å². The molecule has 0 bridgehead atoms. The topological polar surface area (TPSA) is 44.8 Å². The van der Waals surface area contributed by atoms with Crippen molar-refractivity contribution in [3.8, 4) is 17.2 Å². The van der Waals surface area contributed by atoms with E-state index in [1.165, 1.54) is 4.88 Å². The van der Waals surface area contributed by atoms with Gasteiger partial charge in [0.1, 0.15) is 5.75 Å². The summed E-state index contributed by atoms with van der Waals surface area (Å²) < 4.78 is 15.9. The van der Waals surface area contributed by atoms with Crippen LogP contribution in [0.3, 0.4) is 0 Å². The van der Waals surface area contributed by atoms with E-state index in [0.717, 1.165) is 23.3 Å². The summed E-state index contributed by atoms with van der Waals surface area (Å²) in [5.74, 6) is 1.78. The highest BCUT2D eigenvalue weighted by molar-refractivity contribution is 7.14. The molecule has 0 atom stereocenters. The summed E-state index contributed by atoms with van der Waals surface area (Å²) in [6.45, 7) is 2.13. The Balaban J connectivity index is 2.24. The van der Waals surface area contributed by atoms with Gasteiger partial charge in [-0.25, -0.2) is 0 Å². The van der Waals surface area contributed by atoms with E-state index >= 15 is 0 Å². The van der Waals surface area contributed by atoms with Crippen molar-refractivity contribution < 1.29 is 19.0 Å². The summed E-state index contributed by atoms with van der Waals surface area (Å²) in [5, 5.41) is 0. The molecule has 0 saturated carbocycles. The van der Waals surface area contributed by atoms with Gasteiger partial charge in [0.2, 0.25) is 0 Å². The van der Waals surface area contributed by atoms with E-state index < -0.39 is 0 Å². The van der Waals surface area contributed by atoms with Crippen LogP contribution in [0.2, 0.25) is 0 Å². The molecule has 1 aromatic heterocycles. The van der Waals surface area contributed by atoms with Crippen LogP contribution >= 0.6 is 11.3 Å². The zero-order chi connectivity index (χ0) is 17.5. The van der Waals surface area contributed by atoms with E-state index in [4.69, 9.17) is 14.2 Å². The number of thiophene rings is 1. The van der Waals surface area contributed by atoms with Gasteiger partial charge in [0, 0.05) is 16.5 Å². The largest absolute Gasteiger partial charge is 0.496 e. The first-order valence-corrected chi connectivity index (χ1v) is 8.55. The number of carbonyl (C=O) groups is 1. The zero-order valence-electron chi connectivity index (χ0n) is 14.4. The summed E-state index contributed by atoms with van der Waals surface area (Å²) in [6.07, 6.45) is 5.38. The molecule has 0 amide bonds. The standard InChI is InChI=1S/C19H22O4S/c1-5-6-14-8-10-19(24-14)15(20)9-7-13-11-17(22-3)18(23-4)12-16(13)21-2/h7-12H,5-6H2,1-4H3/b9-7+. The Bertz CT molecular complexity index is 731. The lowest BCUT2D eigenvalue weighted by atomic mass is 10.1. The molecule has 0 fully saturated rings. The van der Waals surface area contributed by atoms with Crippen LogP contribution < -0.4 is 14.2 Å². The molecule has 1 heterocycles. The van der Waals surface area contributed by atoms with Gasteiger partial charge < -0.3 is 14.2 Å². The molecule has 2 rings (SSSR count). The highest BCUT2D eigenvalue weighted by atomic mass is 32.1. The van der Waals surface area contributed by atoms with E-state index in [2.05, 4.69) is 6.92 Å². The molecule has 0 aliphatic rings. The first-order chi connectivity index (χ1) is 11.6. The lowest BCUT2D eigenvalue weighted by Crippen LogP contribution is -1.95. The van der Waals surface area contributed by atoms with Crippen molar-refractivity contribution in [3.63, 3.8) is 0 Å². The monoisotopic (exact) mass is 346 g/mol. The Labute approximate surface area is 146 Å². The average Bonchev–Trinajstić information content (AvgIpc) is 3.07. The lowest BCUT2D eigenvalue weighted by molar-refractivity contribution is 0.105. The van der Waals surface area contributed by atoms with E-state index in [0.29, 0.717) is 17.2 Å². The van der Waals surface area contributed by atoms with Crippen molar-refractivity contribution in [3.05, 3.63) is 45.7 Å². The molecule has 0 aliphatic heterocycles. The predicted molar refractivity (Wildman–Crippen MR) is 97.8 cm³/mol. The van der Waals surface area contributed by atoms with Gasteiger partial charge in [0.25, 0.3) is 0 Å². The molecule has 0 radical (unpaired) electrons. The van der Waals surface area contributed by atoms with Gasteiger partial charge in [0.15, 0.2) is 17.3 Å². The minimum atomic E-state index is -0.0146. The second-order valence-corrected chi connectivity index (χ2v) is 6.33. The van der Waals surface area contributed by atoms with Crippen molar-refractivity contribution >= 4 is 23.2 Å². The molecule has 5 heteroatoms. The number of ketones is 1. The third kappa shape index (κ3) is 4.17.